The number of ether oxygens (including phenoxy) is 2. The zero-order valence-corrected chi connectivity index (χ0v) is 10.1. The van der Waals surface area contributed by atoms with Gasteiger partial charge in [-0.15, -0.1) is 0 Å². The highest BCUT2D eigenvalue weighted by Crippen LogP contribution is 2.36. The first-order valence-corrected chi connectivity index (χ1v) is 5.21. The van der Waals surface area contributed by atoms with Crippen molar-refractivity contribution < 1.29 is 27.9 Å². The first kappa shape index (κ1) is 15.1. The number of oxime groups is 1. The summed E-state index contributed by atoms with van der Waals surface area (Å²) in [5, 5.41) is 11.1. The molecule has 3 N–H and O–H groups in total. The summed E-state index contributed by atoms with van der Waals surface area (Å²) in [7, 11) is 1.41. The predicted molar refractivity (Wildman–Crippen MR) is 61.3 cm³/mol. The maximum absolute atomic E-state index is 12.9. The van der Waals surface area contributed by atoms with E-state index in [9.17, 15) is 13.2 Å². The van der Waals surface area contributed by atoms with Gasteiger partial charge in [0.05, 0.1) is 12.2 Å². The summed E-state index contributed by atoms with van der Waals surface area (Å²) < 4.78 is 48.2. The highest BCUT2D eigenvalue weighted by Gasteiger charge is 2.35. The first-order valence-electron chi connectivity index (χ1n) is 5.21. The van der Waals surface area contributed by atoms with E-state index in [1.807, 2.05) is 0 Å². The summed E-state index contributed by atoms with van der Waals surface area (Å²) in [6.45, 7) is 0.155. The maximum atomic E-state index is 12.9. The van der Waals surface area contributed by atoms with Gasteiger partial charge in [-0.1, -0.05) is 5.16 Å². The van der Waals surface area contributed by atoms with E-state index in [2.05, 4.69) is 9.89 Å². The van der Waals surface area contributed by atoms with Gasteiger partial charge in [0.25, 0.3) is 0 Å². The van der Waals surface area contributed by atoms with Crippen LogP contribution >= 0.6 is 0 Å². The fraction of sp³-hybridized carbons (Fsp3) is 0.364. The van der Waals surface area contributed by atoms with E-state index in [1.54, 1.807) is 0 Å². The molecule has 0 saturated carbocycles. The Balaban J connectivity index is 3.10. The molecule has 0 fully saturated rings. The van der Waals surface area contributed by atoms with Crippen molar-refractivity contribution in [3.8, 4) is 5.75 Å². The van der Waals surface area contributed by atoms with Gasteiger partial charge in [0, 0.05) is 12.7 Å². The van der Waals surface area contributed by atoms with Crippen LogP contribution in [0.2, 0.25) is 0 Å². The fourth-order valence-electron chi connectivity index (χ4n) is 1.33. The molecule has 0 atom stereocenters. The van der Waals surface area contributed by atoms with Gasteiger partial charge in [-0.05, 0) is 18.2 Å². The Labute approximate surface area is 107 Å². The molecule has 5 nitrogen and oxygen atoms in total. The number of benzene rings is 1. The Morgan fingerprint density at radius 1 is 1.37 bits per heavy atom. The lowest BCUT2D eigenvalue weighted by Crippen LogP contribution is -2.16. The molecule has 0 radical (unpaired) electrons. The van der Waals surface area contributed by atoms with Crippen LogP contribution in [0.15, 0.2) is 23.4 Å². The number of nitrogens with two attached hydrogens (primary N) is 1. The summed E-state index contributed by atoms with van der Waals surface area (Å²) in [4.78, 5) is 0. The minimum atomic E-state index is -4.60. The molecule has 0 aliphatic heterocycles. The van der Waals surface area contributed by atoms with E-state index >= 15 is 0 Å². The normalized spacial score (nSPS) is 12.5. The minimum absolute atomic E-state index is 0.0114. The quantitative estimate of drug-likeness (QED) is 0.283. The summed E-state index contributed by atoms with van der Waals surface area (Å²) in [5.41, 5.74) is 4.21. The van der Waals surface area contributed by atoms with Crippen molar-refractivity contribution in [1.82, 2.24) is 0 Å². The second-order valence-electron chi connectivity index (χ2n) is 3.54. The molecule has 0 amide bonds. The maximum Gasteiger partial charge on any atom is 0.419 e. The smallest absolute Gasteiger partial charge is 0.419 e. The first-order chi connectivity index (χ1) is 8.90. The Morgan fingerprint density at radius 3 is 2.58 bits per heavy atom. The van der Waals surface area contributed by atoms with Crippen LogP contribution < -0.4 is 10.5 Å². The molecule has 0 spiro atoms. The molecule has 0 heterocycles. The van der Waals surface area contributed by atoms with Crippen LogP contribution in [0.5, 0.6) is 5.75 Å². The van der Waals surface area contributed by atoms with Gasteiger partial charge >= 0.3 is 6.18 Å². The molecule has 0 aliphatic rings. The largest absolute Gasteiger partial charge is 0.491 e. The molecule has 0 aliphatic carbocycles. The third-order valence-corrected chi connectivity index (χ3v) is 2.23. The zero-order valence-electron chi connectivity index (χ0n) is 10.1. The molecule has 0 saturated heterocycles. The number of alkyl halides is 3. The molecule has 0 aromatic heterocycles. The number of amidine groups is 1. The van der Waals surface area contributed by atoms with E-state index in [4.69, 9.17) is 15.7 Å². The second kappa shape index (κ2) is 6.28. The number of halogens is 3. The summed E-state index contributed by atoms with van der Waals surface area (Å²) in [6, 6.07) is 3.15. The zero-order chi connectivity index (χ0) is 14.5. The van der Waals surface area contributed by atoms with Crippen molar-refractivity contribution >= 4 is 5.84 Å². The Bertz CT molecular complexity index is 461. The standard InChI is InChI=1S/C11H13F3N2O3/c1-18-4-5-19-9-3-2-7(10(15)16-17)6-8(9)11(12,13)14/h2-3,6,17H,4-5H2,1H3,(H2,15,16). The summed E-state index contributed by atoms with van der Waals surface area (Å²) in [5.74, 6) is -0.743. The average molecular weight is 278 g/mol. The van der Waals surface area contributed by atoms with Gasteiger partial charge in [0.15, 0.2) is 5.84 Å². The summed E-state index contributed by atoms with van der Waals surface area (Å²) >= 11 is 0. The molecule has 0 unspecified atom stereocenters. The van der Waals surface area contributed by atoms with E-state index in [0.717, 1.165) is 12.1 Å². The average Bonchev–Trinajstić information content (AvgIpc) is 2.37. The molecule has 8 heteroatoms. The lowest BCUT2D eigenvalue weighted by Gasteiger charge is -2.14. The second-order valence-corrected chi connectivity index (χ2v) is 3.54. The third-order valence-electron chi connectivity index (χ3n) is 2.23. The van der Waals surface area contributed by atoms with Crippen LogP contribution in [0.4, 0.5) is 13.2 Å². The van der Waals surface area contributed by atoms with Gasteiger partial charge in [0.2, 0.25) is 0 Å². The van der Waals surface area contributed by atoms with E-state index < -0.39 is 17.6 Å². The molecule has 19 heavy (non-hydrogen) atoms. The Morgan fingerprint density at radius 2 is 2.05 bits per heavy atom. The molecule has 0 bridgehead atoms. The van der Waals surface area contributed by atoms with Crippen molar-refractivity contribution in [2.24, 2.45) is 10.9 Å². The van der Waals surface area contributed by atoms with Gasteiger partial charge < -0.3 is 20.4 Å². The van der Waals surface area contributed by atoms with Crippen molar-refractivity contribution in [2.45, 2.75) is 6.18 Å². The fourth-order valence-corrected chi connectivity index (χ4v) is 1.33. The number of hydrogen-bond acceptors (Lipinski definition) is 4. The van der Waals surface area contributed by atoms with Crippen molar-refractivity contribution in [2.75, 3.05) is 20.3 Å². The Kier molecular flexibility index (Phi) is 4.99. The van der Waals surface area contributed by atoms with Crippen molar-refractivity contribution in [3.63, 3.8) is 0 Å². The van der Waals surface area contributed by atoms with Crippen LogP contribution in [0.1, 0.15) is 11.1 Å². The van der Waals surface area contributed by atoms with Gasteiger partial charge in [-0.2, -0.15) is 13.2 Å². The van der Waals surface area contributed by atoms with Gasteiger partial charge in [-0.3, -0.25) is 0 Å². The van der Waals surface area contributed by atoms with Crippen LogP contribution in [-0.2, 0) is 10.9 Å². The van der Waals surface area contributed by atoms with Crippen LogP contribution in [0.25, 0.3) is 0 Å². The lowest BCUT2D eigenvalue weighted by atomic mass is 10.1. The Hall–Kier alpha value is -1.96. The molecule has 1 aromatic rings. The van der Waals surface area contributed by atoms with Gasteiger partial charge in [0.1, 0.15) is 12.4 Å². The van der Waals surface area contributed by atoms with Crippen molar-refractivity contribution in [3.05, 3.63) is 29.3 Å². The molecular formula is C11H13F3N2O3. The van der Waals surface area contributed by atoms with Crippen LogP contribution in [-0.4, -0.2) is 31.4 Å². The number of hydrogen-bond donors (Lipinski definition) is 2. The highest BCUT2D eigenvalue weighted by atomic mass is 19.4. The molecular weight excluding hydrogens is 265 g/mol. The highest BCUT2D eigenvalue weighted by molar-refractivity contribution is 5.97. The monoisotopic (exact) mass is 278 g/mol. The summed E-state index contributed by atoms with van der Waals surface area (Å²) in [6.07, 6.45) is -4.60. The number of methoxy groups -OCH3 is 1. The van der Waals surface area contributed by atoms with Gasteiger partial charge in [-0.25, -0.2) is 0 Å². The number of rotatable bonds is 5. The SMILES string of the molecule is COCCOc1ccc(/C(N)=N/O)cc1C(F)(F)F. The lowest BCUT2D eigenvalue weighted by molar-refractivity contribution is -0.139. The molecule has 1 rings (SSSR count). The molecule has 1 aromatic carbocycles. The third kappa shape index (κ3) is 4.02. The topological polar surface area (TPSA) is 77.1 Å². The molecule has 106 valence electrons. The predicted octanol–water partition coefficient (Wildman–Crippen LogP) is 1.83. The van der Waals surface area contributed by atoms with Crippen LogP contribution in [0, 0.1) is 0 Å². The van der Waals surface area contributed by atoms with E-state index in [-0.39, 0.29) is 24.5 Å². The minimum Gasteiger partial charge on any atom is -0.491 e. The van der Waals surface area contributed by atoms with E-state index in [1.165, 1.54) is 13.2 Å². The number of nitrogens with zero attached hydrogens (tertiary/aromatic N) is 1. The van der Waals surface area contributed by atoms with E-state index in [0.29, 0.717) is 0 Å². The van der Waals surface area contributed by atoms with Crippen molar-refractivity contribution in [1.29, 1.82) is 0 Å². The van der Waals surface area contributed by atoms with Crippen LogP contribution in [0.3, 0.4) is 0 Å².